The van der Waals surface area contributed by atoms with Gasteiger partial charge in [0, 0.05) is 42.9 Å². The van der Waals surface area contributed by atoms with Crippen LogP contribution in [0.5, 0.6) is 0 Å². The van der Waals surface area contributed by atoms with E-state index < -0.39 is 0 Å². The Kier molecular flexibility index (Phi) is 7.09. The number of hydrogen-bond donors (Lipinski definition) is 0. The third-order valence-corrected chi connectivity index (χ3v) is 6.70. The van der Waals surface area contributed by atoms with Gasteiger partial charge in [0.25, 0.3) is 0 Å². The van der Waals surface area contributed by atoms with Gasteiger partial charge in [-0.1, -0.05) is 23.7 Å². The molecule has 36 heavy (non-hydrogen) atoms. The highest BCUT2D eigenvalue weighted by atomic mass is 35.5. The minimum Gasteiger partial charge on any atom is -0.346 e. The van der Waals surface area contributed by atoms with E-state index in [0.717, 1.165) is 23.2 Å². The number of nitrogens with zero attached hydrogens (tertiary/aromatic N) is 4. The summed E-state index contributed by atoms with van der Waals surface area (Å²) in [6, 6.07) is 16.0. The van der Waals surface area contributed by atoms with Gasteiger partial charge >= 0.3 is 0 Å². The van der Waals surface area contributed by atoms with E-state index in [0.29, 0.717) is 54.7 Å². The first-order chi connectivity index (χ1) is 17.5. The topological polar surface area (TPSA) is 48.8 Å². The zero-order chi connectivity index (χ0) is 25.1. The van der Waals surface area contributed by atoms with E-state index in [9.17, 15) is 13.6 Å². The van der Waals surface area contributed by atoms with Gasteiger partial charge in [0.05, 0.1) is 12.2 Å². The maximum Gasteiger partial charge on any atom is 0.242 e. The van der Waals surface area contributed by atoms with Crippen LogP contribution in [0.3, 0.4) is 0 Å². The van der Waals surface area contributed by atoms with Gasteiger partial charge in [-0.15, -0.1) is 0 Å². The Morgan fingerprint density at radius 2 is 1.53 bits per heavy atom. The van der Waals surface area contributed by atoms with Crippen molar-refractivity contribution in [2.75, 3.05) is 26.2 Å². The normalized spacial score (nSPS) is 16.0. The van der Waals surface area contributed by atoms with Crippen LogP contribution < -0.4 is 0 Å². The highest BCUT2D eigenvalue weighted by molar-refractivity contribution is 6.29. The van der Waals surface area contributed by atoms with Crippen LogP contribution in [0.4, 0.5) is 8.78 Å². The summed E-state index contributed by atoms with van der Waals surface area (Å²) in [6.07, 6.45) is 4.01. The van der Waals surface area contributed by atoms with Crippen LogP contribution in [-0.4, -0.2) is 52.7 Å². The van der Waals surface area contributed by atoms with Gasteiger partial charge in [-0.3, -0.25) is 4.79 Å². The Morgan fingerprint density at radius 1 is 0.861 bits per heavy atom. The lowest BCUT2D eigenvalue weighted by Gasteiger charge is -2.28. The summed E-state index contributed by atoms with van der Waals surface area (Å²) in [5.41, 5.74) is 4.24. The van der Waals surface area contributed by atoms with Crippen LogP contribution in [0.1, 0.15) is 28.8 Å². The largest absolute Gasteiger partial charge is 0.346 e. The summed E-state index contributed by atoms with van der Waals surface area (Å²) in [4.78, 5) is 26.5. The Labute approximate surface area is 213 Å². The SMILES string of the molecule is O=C(CN1CCC=C(c2ccc(F)cc2)N=C1c1ccc(F)cc1)N1CCc2ccc(Cl)nc2CC1. The Bertz CT molecular complexity index is 1320. The number of benzene rings is 2. The van der Waals surface area contributed by atoms with E-state index in [2.05, 4.69) is 4.98 Å². The van der Waals surface area contributed by atoms with Crippen molar-refractivity contribution in [2.24, 2.45) is 4.99 Å². The number of amides is 1. The van der Waals surface area contributed by atoms with Crippen molar-refractivity contribution in [3.05, 3.63) is 106 Å². The maximum atomic E-state index is 13.7. The third-order valence-electron chi connectivity index (χ3n) is 6.49. The molecule has 2 aliphatic heterocycles. The molecule has 0 saturated heterocycles. The molecule has 184 valence electrons. The van der Waals surface area contributed by atoms with Crippen LogP contribution in [0.2, 0.25) is 5.15 Å². The predicted octanol–water partition coefficient (Wildman–Crippen LogP) is 5.13. The Hall–Kier alpha value is -3.58. The average molecular weight is 507 g/mol. The van der Waals surface area contributed by atoms with Crippen molar-refractivity contribution in [1.82, 2.24) is 14.8 Å². The molecule has 0 N–H and O–H groups in total. The summed E-state index contributed by atoms with van der Waals surface area (Å²) in [5, 5.41) is 0.461. The van der Waals surface area contributed by atoms with E-state index in [4.69, 9.17) is 16.6 Å². The van der Waals surface area contributed by atoms with Crippen LogP contribution >= 0.6 is 11.6 Å². The molecule has 1 aromatic heterocycles. The number of hydrogen-bond acceptors (Lipinski definition) is 4. The predicted molar refractivity (Wildman–Crippen MR) is 137 cm³/mol. The molecular weight excluding hydrogens is 482 g/mol. The lowest BCUT2D eigenvalue weighted by Crippen LogP contribution is -2.44. The van der Waals surface area contributed by atoms with Crippen molar-refractivity contribution in [3.8, 4) is 0 Å². The molecule has 0 radical (unpaired) electrons. The summed E-state index contributed by atoms with van der Waals surface area (Å²) in [5.74, 6) is -0.0836. The highest BCUT2D eigenvalue weighted by Gasteiger charge is 2.25. The van der Waals surface area contributed by atoms with E-state index >= 15 is 0 Å². The molecule has 3 aromatic rings. The van der Waals surface area contributed by atoms with Gasteiger partial charge in [0.2, 0.25) is 5.91 Å². The molecule has 0 fully saturated rings. The quantitative estimate of drug-likeness (QED) is 0.461. The number of amidine groups is 1. The number of aromatic nitrogens is 1. The average Bonchev–Trinajstić information content (AvgIpc) is 3.21. The summed E-state index contributed by atoms with van der Waals surface area (Å²) in [7, 11) is 0. The van der Waals surface area contributed by atoms with Gasteiger partial charge in [-0.05, 0) is 73.0 Å². The molecule has 5 nitrogen and oxygen atoms in total. The first kappa shape index (κ1) is 24.1. The van der Waals surface area contributed by atoms with Crippen LogP contribution in [0.15, 0.2) is 71.7 Å². The number of rotatable bonds is 4. The maximum absolute atomic E-state index is 13.7. The van der Waals surface area contributed by atoms with Crippen molar-refractivity contribution < 1.29 is 13.6 Å². The van der Waals surface area contributed by atoms with E-state index in [1.165, 1.54) is 24.3 Å². The highest BCUT2D eigenvalue weighted by Crippen LogP contribution is 2.24. The molecule has 0 unspecified atom stereocenters. The number of pyridine rings is 1. The molecule has 2 aromatic carbocycles. The molecule has 0 aliphatic carbocycles. The number of fused-ring (bicyclic) bond motifs is 1. The standard InChI is InChI=1S/C28H25ClF2N4O/c29-26-12-7-20-13-16-34(17-14-25(20)32-26)27(36)18-35-15-1-2-24(19-3-8-22(30)9-4-19)33-28(35)21-5-10-23(31)11-6-21/h2-12H,1,13-18H2. The first-order valence-corrected chi connectivity index (χ1v) is 12.3. The Morgan fingerprint density at radius 3 is 2.25 bits per heavy atom. The number of aliphatic imine (C=N–C) groups is 1. The lowest BCUT2D eigenvalue weighted by atomic mass is 10.1. The van der Waals surface area contributed by atoms with Crippen LogP contribution in [-0.2, 0) is 17.6 Å². The van der Waals surface area contributed by atoms with E-state index in [1.807, 2.05) is 21.9 Å². The smallest absolute Gasteiger partial charge is 0.242 e. The second-order valence-corrected chi connectivity index (χ2v) is 9.26. The number of carbonyl (C=O) groups excluding carboxylic acids is 1. The zero-order valence-electron chi connectivity index (χ0n) is 19.6. The van der Waals surface area contributed by atoms with Crippen LogP contribution in [0, 0.1) is 11.6 Å². The fraction of sp³-hybridized carbons (Fsp3) is 0.250. The second-order valence-electron chi connectivity index (χ2n) is 8.87. The van der Waals surface area contributed by atoms with Gasteiger partial charge in [0.1, 0.15) is 22.6 Å². The summed E-state index contributed by atoms with van der Waals surface area (Å²) >= 11 is 6.06. The van der Waals surface area contributed by atoms with Crippen molar-refractivity contribution in [1.29, 1.82) is 0 Å². The molecule has 0 saturated carbocycles. The minimum atomic E-state index is -0.345. The van der Waals surface area contributed by atoms with Gasteiger partial charge < -0.3 is 9.80 Å². The second kappa shape index (κ2) is 10.6. The van der Waals surface area contributed by atoms with Gasteiger partial charge in [-0.2, -0.15) is 0 Å². The van der Waals surface area contributed by atoms with E-state index in [-0.39, 0.29) is 24.1 Å². The summed E-state index contributed by atoms with van der Waals surface area (Å²) < 4.78 is 27.1. The minimum absolute atomic E-state index is 0.00560. The van der Waals surface area contributed by atoms with Gasteiger partial charge in [0.15, 0.2) is 0 Å². The zero-order valence-corrected chi connectivity index (χ0v) is 20.4. The van der Waals surface area contributed by atoms with Crippen molar-refractivity contribution in [3.63, 3.8) is 0 Å². The molecule has 2 aliphatic rings. The van der Waals surface area contributed by atoms with Crippen molar-refractivity contribution >= 4 is 29.0 Å². The Balaban J connectivity index is 1.39. The molecule has 1 amide bonds. The fourth-order valence-electron chi connectivity index (χ4n) is 4.56. The number of halogens is 3. The molecule has 0 spiro atoms. The van der Waals surface area contributed by atoms with Crippen molar-refractivity contribution in [2.45, 2.75) is 19.3 Å². The van der Waals surface area contributed by atoms with Crippen LogP contribution in [0.25, 0.3) is 5.70 Å². The lowest BCUT2D eigenvalue weighted by molar-refractivity contribution is -0.131. The molecule has 0 atom stereocenters. The molecule has 5 rings (SSSR count). The number of carbonyl (C=O) groups is 1. The third kappa shape index (κ3) is 5.46. The monoisotopic (exact) mass is 506 g/mol. The molecule has 8 heteroatoms. The molecule has 3 heterocycles. The fourth-order valence-corrected chi connectivity index (χ4v) is 4.73. The van der Waals surface area contributed by atoms with E-state index in [1.54, 1.807) is 30.3 Å². The van der Waals surface area contributed by atoms with Gasteiger partial charge in [-0.25, -0.2) is 18.8 Å². The first-order valence-electron chi connectivity index (χ1n) is 11.9. The molecule has 0 bridgehead atoms. The summed E-state index contributed by atoms with van der Waals surface area (Å²) in [6.45, 7) is 1.88. The molecular formula is C28H25ClF2N4O.